The van der Waals surface area contributed by atoms with Crippen LogP contribution in [0.3, 0.4) is 0 Å². The van der Waals surface area contributed by atoms with Crippen LogP contribution in [-0.2, 0) is 4.74 Å². The van der Waals surface area contributed by atoms with Crippen LogP contribution in [0.25, 0.3) is 11.3 Å². The Morgan fingerprint density at radius 2 is 2.14 bits per heavy atom. The number of ether oxygens (including phenoxy) is 1. The lowest BCUT2D eigenvalue weighted by atomic mass is 10.1. The van der Waals surface area contributed by atoms with Gasteiger partial charge in [0.05, 0.1) is 12.6 Å². The van der Waals surface area contributed by atoms with Crippen molar-refractivity contribution in [1.82, 2.24) is 15.0 Å². The average Bonchev–Trinajstić information content (AvgIpc) is 2.94. The second-order valence-corrected chi connectivity index (χ2v) is 4.91. The van der Waals surface area contributed by atoms with Crippen LogP contribution in [0.1, 0.15) is 29.4 Å². The number of aromatic nitrogens is 3. The Balaban J connectivity index is 2.08. The topological polar surface area (TPSA) is 77.2 Å². The molecule has 3 rings (SSSR count). The van der Waals surface area contributed by atoms with Crippen molar-refractivity contribution in [3.8, 4) is 11.3 Å². The van der Waals surface area contributed by atoms with Gasteiger partial charge in [0.2, 0.25) is 0 Å². The van der Waals surface area contributed by atoms with Crippen molar-refractivity contribution in [3.05, 3.63) is 35.8 Å². The van der Waals surface area contributed by atoms with Gasteiger partial charge in [0.1, 0.15) is 11.5 Å². The van der Waals surface area contributed by atoms with Gasteiger partial charge in [0, 0.05) is 12.2 Å². The van der Waals surface area contributed by atoms with Crippen LogP contribution in [0, 0.1) is 5.82 Å². The number of nitrogens with zero attached hydrogens (tertiary/aromatic N) is 3. The molecule has 1 N–H and O–H groups in total. The molecule has 7 heteroatoms. The molecule has 2 heterocycles. The maximum Gasteiger partial charge on any atom is 0.358 e. The highest BCUT2D eigenvalue weighted by Gasteiger charge is 2.26. The molecule has 1 atom stereocenters. The first-order valence-corrected chi connectivity index (χ1v) is 6.69. The fourth-order valence-electron chi connectivity index (χ4n) is 2.49. The summed E-state index contributed by atoms with van der Waals surface area (Å²) < 4.78 is 20.1. The second kappa shape index (κ2) is 5.61. The van der Waals surface area contributed by atoms with Gasteiger partial charge in [-0.15, -0.1) is 5.10 Å². The van der Waals surface area contributed by atoms with E-state index >= 15 is 0 Å². The number of hydrogen-bond donors (Lipinski definition) is 1. The van der Waals surface area contributed by atoms with E-state index in [1.54, 1.807) is 4.68 Å². The Morgan fingerprint density at radius 3 is 2.76 bits per heavy atom. The molecule has 0 spiro atoms. The van der Waals surface area contributed by atoms with Crippen LogP contribution < -0.4 is 0 Å². The predicted octanol–water partition coefficient (Wildman–Crippen LogP) is 2.13. The number of carbonyl (C=O) groups is 1. The van der Waals surface area contributed by atoms with Gasteiger partial charge in [-0.05, 0) is 37.1 Å². The van der Waals surface area contributed by atoms with Crippen LogP contribution in [0.15, 0.2) is 24.3 Å². The third kappa shape index (κ3) is 2.64. The minimum atomic E-state index is -1.16. The lowest BCUT2D eigenvalue weighted by Gasteiger charge is -2.23. The number of carboxylic acids is 1. The first kappa shape index (κ1) is 13.7. The van der Waals surface area contributed by atoms with Gasteiger partial charge in [0.25, 0.3) is 0 Å². The zero-order valence-electron chi connectivity index (χ0n) is 11.2. The molecule has 1 fully saturated rings. The van der Waals surface area contributed by atoms with E-state index in [4.69, 9.17) is 4.74 Å². The van der Waals surface area contributed by atoms with E-state index in [1.165, 1.54) is 24.3 Å². The first-order valence-electron chi connectivity index (χ1n) is 6.69. The highest BCUT2D eigenvalue weighted by atomic mass is 19.1. The Hall–Kier alpha value is -2.28. The summed E-state index contributed by atoms with van der Waals surface area (Å²) in [6.07, 6.45) is 1.73. The molecule has 0 radical (unpaired) electrons. The molecule has 0 bridgehead atoms. The zero-order chi connectivity index (χ0) is 14.8. The summed E-state index contributed by atoms with van der Waals surface area (Å²) in [6, 6.07) is 5.58. The summed E-state index contributed by atoms with van der Waals surface area (Å²) >= 11 is 0. The molecular weight excluding hydrogens is 277 g/mol. The predicted molar refractivity (Wildman–Crippen MR) is 71.5 cm³/mol. The van der Waals surface area contributed by atoms with E-state index in [2.05, 4.69) is 10.3 Å². The van der Waals surface area contributed by atoms with Crippen molar-refractivity contribution in [1.29, 1.82) is 0 Å². The standard InChI is InChI=1S/C14H14FN3O3/c15-10-5-3-9(4-6-10)13-12(14(19)20)16-17-18(13)11-2-1-7-21-8-11/h3-6,11H,1-2,7-8H2,(H,19,20). The molecule has 1 aromatic carbocycles. The van der Waals surface area contributed by atoms with E-state index in [0.717, 1.165) is 12.8 Å². The Kier molecular flexibility index (Phi) is 3.66. The largest absolute Gasteiger partial charge is 0.476 e. The summed E-state index contributed by atoms with van der Waals surface area (Å²) in [5.41, 5.74) is 0.828. The minimum absolute atomic E-state index is 0.0561. The second-order valence-electron chi connectivity index (χ2n) is 4.91. The van der Waals surface area contributed by atoms with E-state index in [1.807, 2.05) is 0 Å². The fourth-order valence-corrected chi connectivity index (χ4v) is 2.49. The molecule has 1 aliphatic rings. The molecule has 1 unspecified atom stereocenters. The first-order chi connectivity index (χ1) is 10.2. The SMILES string of the molecule is O=C(O)c1nnn(C2CCCOC2)c1-c1ccc(F)cc1. The molecule has 21 heavy (non-hydrogen) atoms. The van der Waals surface area contributed by atoms with Crippen molar-refractivity contribution >= 4 is 5.97 Å². The van der Waals surface area contributed by atoms with Gasteiger partial charge >= 0.3 is 5.97 Å². The van der Waals surface area contributed by atoms with Gasteiger partial charge in [-0.1, -0.05) is 5.21 Å². The monoisotopic (exact) mass is 291 g/mol. The highest BCUT2D eigenvalue weighted by molar-refractivity contribution is 5.92. The smallest absolute Gasteiger partial charge is 0.358 e. The van der Waals surface area contributed by atoms with Gasteiger partial charge in [-0.2, -0.15) is 0 Å². The number of hydrogen-bond acceptors (Lipinski definition) is 4. The molecule has 110 valence electrons. The van der Waals surface area contributed by atoms with Gasteiger partial charge in [0.15, 0.2) is 5.69 Å². The van der Waals surface area contributed by atoms with Crippen molar-refractivity contribution < 1.29 is 19.0 Å². The summed E-state index contributed by atoms with van der Waals surface area (Å²) in [6.45, 7) is 1.17. The fraction of sp³-hybridized carbons (Fsp3) is 0.357. The van der Waals surface area contributed by atoms with E-state index in [-0.39, 0.29) is 17.6 Å². The maximum atomic E-state index is 13.1. The lowest BCUT2D eigenvalue weighted by molar-refractivity contribution is 0.0548. The van der Waals surface area contributed by atoms with E-state index in [0.29, 0.717) is 24.5 Å². The normalized spacial score (nSPS) is 18.6. The number of carboxylic acid groups (broad SMARTS) is 1. The molecule has 1 aliphatic heterocycles. The Morgan fingerprint density at radius 1 is 1.38 bits per heavy atom. The highest BCUT2D eigenvalue weighted by Crippen LogP contribution is 2.28. The zero-order valence-corrected chi connectivity index (χ0v) is 11.2. The van der Waals surface area contributed by atoms with Crippen molar-refractivity contribution in [2.45, 2.75) is 18.9 Å². The Labute approximate surface area is 120 Å². The van der Waals surface area contributed by atoms with Crippen LogP contribution in [0.5, 0.6) is 0 Å². The molecule has 1 saturated heterocycles. The van der Waals surface area contributed by atoms with Gasteiger partial charge in [-0.3, -0.25) is 0 Å². The van der Waals surface area contributed by atoms with Crippen molar-refractivity contribution in [2.24, 2.45) is 0 Å². The van der Waals surface area contributed by atoms with E-state index in [9.17, 15) is 14.3 Å². The molecule has 0 amide bonds. The van der Waals surface area contributed by atoms with Crippen LogP contribution in [-0.4, -0.2) is 39.3 Å². The summed E-state index contributed by atoms with van der Waals surface area (Å²) in [5.74, 6) is -1.53. The maximum absolute atomic E-state index is 13.1. The third-order valence-electron chi connectivity index (χ3n) is 3.50. The number of benzene rings is 1. The van der Waals surface area contributed by atoms with Crippen molar-refractivity contribution in [2.75, 3.05) is 13.2 Å². The summed E-state index contributed by atoms with van der Waals surface area (Å²) in [7, 11) is 0. The van der Waals surface area contributed by atoms with Gasteiger partial charge < -0.3 is 9.84 Å². The van der Waals surface area contributed by atoms with Crippen molar-refractivity contribution in [3.63, 3.8) is 0 Å². The molecule has 6 nitrogen and oxygen atoms in total. The molecule has 1 aromatic heterocycles. The van der Waals surface area contributed by atoms with Crippen LogP contribution >= 0.6 is 0 Å². The number of rotatable bonds is 3. The number of aromatic carboxylic acids is 1. The minimum Gasteiger partial charge on any atom is -0.476 e. The quantitative estimate of drug-likeness (QED) is 0.937. The lowest BCUT2D eigenvalue weighted by Crippen LogP contribution is -2.23. The van der Waals surface area contributed by atoms with E-state index < -0.39 is 5.97 Å². The molecule has 0 saturated carbocycles. The Bertz CT molecular complexity index is 648. The van der Waals surface area contributed by atoms with Crippen LogP contribution in [0.4, 0.5) is 4.39 Å². The van der Waals surface area contributed by atoms with Crippen LogP contribution in [0.2, 0.25) is 0 Å². The average molecular weight is 291 g/mol. The summed E-state index contributed by atoms with van der Waals surface area (Å²) in [5, 5.41) is 17.0. The summed E-state index contributed by atoms with van der Waals surface area (Å²) in [4.78, 5) is 11.3. The molecular formula is C14H14FN3O3. The number of halogens is 1. The third-order valence-corrected chi connectivity index (χ3v) is 3.50. The molecule has 0 aliphatic carbocycles. The molecule has 2 aromatic rings. The van der Waals surface area contributed by atoms with Gasteiger partial charge in [-0.25, -0.2) is 13.9 Å².